The van der Waals surface area contributed by atoms with Crippen LogP contribution < -0.4 is 14.2 Å². The highest BCUT2D eigenvalue weighted by Crippen LogP contribution is 2.39. The minimum absolute atomic E-state index is 0.0306. The maximum atomic E-state index is 12.3. The molecule has 7 heteroatoms. The van der Waals surface area contributed by atoms with Gasteiger partial charge in [-0.25, -0.2) is 0 Å². The fourth-order valence-electron chi connectivity index (χ4n) is 3.58. The molecule has 0 amide bonds. The van der Waals surface area contributed by atoms with E-state index in [2.05, 4.69) is 0 Å². The Morgan fingerprint density at radius 2 is 1.64 bits per heavy atom. The molecule has 2 unspecified atom stereocenters. The van der Waals surface area contributed by atoms with E-state index < -0.39 is 0 Å². The van der Waals surface area contributed by atoms with Crippen molar-refractivity contribution in [2.75, 3.05) is 27.9 Å². The van der Waals surface area contributed by atoms with Gasteiger partial charge >= 0.3 is 5.97 Å². The van der Waals surface area contributed by atoms with Gasteiger partial charge in [0.2, 0.25) is 5.75 Å². The standard InChI is InChI=1S/C21H24O7/c1-25-18-9-12(4-5-16(18)22)6-14-11-28-21(24)15(14)7-13-8-17(23)20(27-3)19(10-13)26-2/h4-5,8-10,14-15,22-23H,6-7,11H2,1-3H3. The van der Waals surface area contributed by atoms with Crippen LogP contribution in [0.1, 0.15) is 11.1 Å². The summed E-state index contributed by atoms with van der Waals surface area (Å²) in [6.07, 6.45) is 1.01. The zero-order chi connectivity index (χ0) is 20.3. The third-order valence-electron chi connectivity index (χ3n) is 5.03. The smallest absolute Gasteiger partial charge is 0.309 e. The van der Waals surface area contributed by atoms with Crippen molar-refractivity contribution in [2.45, 2.75) is 12.8 Å². The summed E-state index contributed by atoms with van der Waals surface area (Å²) < 4.78 is 20.9. The average molecular weight is 388 g/mol. The minimum atomic E-state index is -0.350. The number of hydrogen-bond donors (Lipinski definition) is 2. The highest BCUT2D eigenvalue weighted by atomic mass is 16.5. The van der Waals surface area contributed by atoms with Crippen LogP contribution >= 0.6 is 0 Å². The summed E-state index contributed by atoms with van der Waals surface area (Å²) >= 11 is 0. The number of rotatable bonds is 7. The Balaban J connectivity index is 1.80. The molecule has 2 aromatic rings. The quantitative estimate of drug-likeness (QED) is 0.704. The van der Waals surface area contributed by atoms with Gasteiger partial charge in [0.15, 0.2) is 23.0 Å². The topological polar surface area (TPSA) is 94.5 Å². The normalized spacial score (nSPS) is 18.6. The molecule has 1 aliphatic rings. The number of phenolic OH excluding ortho intramolecular Hbond substituents is 2. The lowest BCUT2D eigenvalue weighted by molar-refractivity contribution is -0.141. The van der Waals surface area contributed by atoms with Gasteiger partial charge < -0.3 is 29.2 Å². The number of ether oxygens (including phenoxy) is 4. The van der Waals surface area contributed by atoms with Gasteiger partial charge in [0.05, 0.1) is 33.9 Å². The summed E-state index contributed by atoms with van der Waals surface area (Å²) in [5.74, 6) is 0.450. The lowest BCUT2D eigenvalue weighted by Gasteiger charge is -2.17. The number of benzene rings is 2. The van der Waals surface area contributed by atoms with E-state index in [0.717, 1.165) is 11.1 Å². The molecule has 3 rings (SSSR count). The minimum Gasteiger partial charge on any atom is -0.504 e. The third-order valence-corrected chi connectivity index (χ3v) is 5.03. The molecule has 0 aromatic heterocycles. The van der Waals surface area contributed by atoms with E-state index in [4.69, 9.17) is 18.9 Å². The Kier molecular flexibility index (Phi) is 5.82. The molecule has 150 valence electrons. The SMILES string of the molecule is COc1cc(CC2COC(=O)C2Cc2cc(O)c(OC)c(OC)c2)ccc1O. The van der Waals surface area contributed by atoms with Crippen LogP contribution in [0.25, 0.3) is 0 Å². The zero-order valence-electron chi connectivity index (χ0n) is 16.1. The van der Waals surface area contributed by atoms with Crippen LogP contribution in [0, 0.1) is 11.8 Å². The summed E-state index contributed by atoms with van der Waals surface area (Å²) in [5.41, 5.74) is 1.70. The van der Waals surface area contributed by atoms with Crippen molar-refractivity contribution in [3.05, 3.63) is 41.5 Å². The van der Waals surface area contributed by atoms with Gasteiger partial charge in [0.25, 0.3) is 0 Å². The largest absolute Gasteiger partial charge is 0.504 e. The van der Waals surface area contributed by atoms with Gasteiger partial charge in [-0.05, 0) is 48.2 Å². The van der Waals surface area contributed by atoms with Gasteiger partial charge in [-0.3, -0.25) is 4.79 Å². The van der Waals surface area contributed by atoms with Gasteiger partial charge in [-0.1, -0.05) is 6.07 Å². The van der Waals surface area contributed by atoms with E-state index in [9.17, 15) is 15.0 Å². The second-order valence-electron chi connectivity index (χ2n) is 6.76. The highest BCUT2D eigenvalue weighted by Gasteiger charge is 2.37. The molecule has 2 aromatic carbocycles. The van der Waals surface area contributed by atoms with Crippen molar-refractivity contribution < 1.29 is 34.0 Å². The second kappa shape index (κ2) is 8.29. The number of aromatic hydroxyl groups is 2. The van der Waals surface area contributed by atoms with Crippen LogP contribution in [0.15, 0.2) is 30.3 Å². The van der Waals surface area contributed by atoms with E-state index in [-0.39, 0.29) is 35.1 Å². The molecular weight excluding hydrogens is 364 g/mol. The van der Waals surface area contributed by atoms with Crippen LogP contribution in [0.4, 0.5) is 0 Å². The third kappa shape index (κ3) is 3.93. The van der Waals surface area contributed by atoms with E-state index in [1.54, 1.807) is 30.3 Å². The maximum Gasteiger partial charge on any atom is 0.309 e. The first-order chi connectivity index (χ1) is 13.5. The Labute approximate surface area is 163 Å². The van der Waals surface area contributed by atoms with Crippen LogP contribution in [0.3, 0.4) is 0 Å². The number of cyclic esters (lactones) is 1. The van der Waals surface area contributed by atoms with Crippen LogP contribution in [-0.4, -0.2) is 44.1 Å². The Bertz CT molecular complexity index is 862. The number of esters is 1. The number of carbonyl (C=O) groups excluding carboxylic acids is 1. The molecule has 28 heavy (non-hydrogen) atoms. The van der Waals surface area contributed by atoms with E-state index >= 15 is 0 Å². The molecule has 1 fully saturated rings. The molecule has 0 saturated carbocycles. The summed E-state index contributed by atoms with van der Waals surface area (Å²) in [7, 11) is 4.44. The molecule has 1 aliphatic heterocycles. The Morgan fingerprint density at radius 3 is 2.32 bits per heavy atom. The van der Waals surface area contributed by atoms with Gasteiger partial charge in [0, 0.05) is 5.92 Å². The number of hydrogen-bond acceptors (Lipinski definition) is 7. The van der Waals surface area contributed by atoms with E-state index in [0.29, 0.717) is 30.9 Å². The summed E-state index contributed by atoms with van der Waals surface area (Å²) in [6.45, 7) is 0.325. The molecule has 0 radical (unpaired) electrons. The van der Waals surface area contributed by atoms with Crippen molar-refractivity contribution in [3.63, 3.8) is 0 Å². The molecule has 7 nitrogen and oxygen atoms in total. The molecule has 2 N–H and O–H groups in total. The number of carbonyl (C=O) groups is 1. The monoisotopic (exact) mass is 388 g/mol. The maximum absolute atomic E-state index is 12.3. The summed E-state index contributed by atoms with van der Waals surface area (Å²) in [5, 5.41) is 19.9. The Morgan fingerprint density at radius 1 is 0.929 bits per heavy atom. The molecule has 0 aliphatic carbocycles. The lowest BCUT2D eigenvalue weighted by atomic mass is 9.85. The fraction of sp³-hybridized carbons (Fsp3) is 0.381. The van der Waals surface area contributed by atoms with Gasteiger partial charge in [0.1, 0.15) is 0 Å². The first-order valence-corrected chi connectivity index (χ1v) is 8.93. The highest BCUT2D eigenvalue weighted by molar-refractivity contribution is 5.75. The fourth-order valence-corrected chi connectivity index (χ4v) is 3.58. The average Bonchev–Trinajstić information content (AvgIpc) is 3.02. The van der Waals surface area contributed by atoms with Crippen molar-refractivity contribution in [3.8, 4) is 28.7 Å². The molecule has 0 bridgehead atoms. The number of phenols is 2. The molecule has 1 saturated heterocycles. The molecular formula is C21H24O7. The van der Waals surface area contributed by atoms with Crippen molar-refractivity contribution in [2.24, 2.45) is 11.8 Å². The number of methoxy groups -OCH3 is 3. The summed E-state index contributed by atoms with van der Waals surface area (Å²) in [4.78, 5) is 12.3. The van der Waals surface area contributed by atoms with Gasteiger partial charge in [-0.2, -0.15) is 0 Å². The van der Waals surface area contributed by atoms with Crippen molar-refractivity contribution >= 4 is 5.97 Å². The predicted molar refractivity (Wildman–Crippen MR) is 101 cm³/mol. The molecule has 2 atom stereocenters. The zero-order valence-corrected chi connectivity index (χ0v) is 16.1. The van der Waals surface area contributed by atoms with Crippen molar-refractivity contribution in [1.82, 2.24) is 0 Å². The first kappa shape index (κ1) is 19.7. The van der Waals surface area contributed by atoms with Crippen LogP contribution in [0.2, 0.25) is 0 Å². The first-order valence-electron chi connectivity index (χ1n) is 8.93. The second-order valence-corrected chi connectivity index (χ2v) is 6.76. The van der Waals surface area contributed by atoms with E-state index in [1.807, 2.05) is 0 Å². The van der Waals surface area contributed by atoms with Gasteiger partial charge in [-0.15, -0.1) is 0 Å². The Hall–Kier alpha value is -3.09. The lowest BCUT2D eigenvalue weighted by Crippen LogP contribution is -2.20. The summed E-state index contributed by atoms with van der Waals surface area (Å²) in [6, 6.07) is 8.48. The van der Waals surface area contributed by atoms with Crippen LogP contribution in [-0.2, 0) is 22.4 Å². The van der Waals surface area contributed by atoms with Crippen LogP contribution in [0.5, 0.6) is 28.7 Å². The van der Waals surface area contributed by atoms with Crippen molar-refractivity contribution in [1.29, 1.82) is 0 Å². The van der Waals surface area contributed by atoms with E-state index in [1.165, 1.54) is 21.3 Å². The molecule has 0 spiro atoms. The predicted octanol–water partition coefficient (Wildman–Crippen LogP) is 2.70. The molecule has 1 heterocycles.